The average molecular weight is 378 g/mol. The van der Waals surface area contributed by atoms with Gasteiger partial charge in [0.05, 0.1) is 10.6 Å². The molecule has 3 heterocycles. The summed E-state index contributed by atoms with van der Waals surface area (Å²) in [4.78, 5) is 35.1. The summed E-state index contributed by atoms with van der Waals surface area (Å²) in [5.74, 6) is 0.750. The van der Waals surface area contributed by atoms with E-state index in [2.05, 4.69) is 13.5 Å². The minimum absolute atomic E-state index is 0.0162. The fourth-order valence-corrected chi connectivity index (χ4v) is 6.61. The third kappa shape index (κ3) is 2.81. The highest BCUT2D eigenvalue weighted by Crippen LogP contribution is 2.47. The summed E-state index contributed by atoms with van der Waals surface area (Å²) in [7, 11) is 0. The minimum atomic E-state index is -0.383. The van der Waals surface area contributed by atoms with Crippen molar-refractivity contribution in [2.24, 2.45) is 0 Å². The number of carbonyl (C=O) groups is 2. The second kappa shape index (κ2) is 6.43. The maximum Gasteiger partial charge on any atom is 0.252 e. The Morgan fingerprint density at radius 3 is 3.00 bits per heavy atom. The van der Waals surface area contributed by atoms with Gasteiger partial charge in [0.25, 0.3) is 5.91 Å². The Kier molecular flexibility index (Phi) is 4.40. The largest absolute Gasteiger partial charge is 0.315 e. The normalized spacial score (nSPS) is 28.0. The number of aryl methyl sites for hydroxylation is 2. The lowest BCUT2D eigenvalue weighted by molar-refractivity contribution is -0.136. The Bertz CT molecular complexity index is 708. The van der Waals surface area contributed by atoms with Crippen molar-refractivity contribution in [1.29, 1.82) is 0 Å². The van der Waals surface area contributed by atoms with Gasteiger partial charge in [-0.25, -0.2) is 4.98 Å². The van der Waals surface area contributed by atoms with E-state index >= 15 is 0 Å². The summed E-state index contributed by atoms with van der Waals surface area (Å²) in [5, 5.41) is 0.766. The summed E-state index contributed by atoms with van der Waals surface area (Å²) in [6.45, 7) is 6.32. The van der Waals surface area contributed by atoms with Crippen LogP contribution in [-0.2, 0) is 22.4 Å². The van der Waals surface area contributed by atoms with Gasteiger partial charge in [-0.15, -0.1) is 29.7 Å². The number of thioether (sulfide) groups is 1. The number of nitrogens with zero attached hydrogens (tertiary/aromatic N) is 3. The number of rotatable bonds is 4. The standard InChI is InChI=1S/C18H23N3O2S2/c1-3-10-20(17-19-12-6-4-5-7-14(12)25-17)16(23)13-11-24-18(2)9-8-15(22)21(13)18/h3,13H,1,4-11H2,2H3/t13-,18-/m0/s1. The third-order valence-corrected chi connectivity index (χ3v) is 8.06. The van der Waals surface area contributed by atoms with Crippen molar-refractivity contribution in [3.05, 3.63) is 23.2 Å². The fourth-order valence-electron chi connectivity index (χ4n) is 4.03. The topological polar surface area (TPSA) is 53.5 Å². The van der Waals surface area contributed by atoms with Crippen LogP contribution in [0.3, 0.4) is 0 Å². The summed E-state index contributed by atoms with van der Waals surface area (Å²) in [5.41, 5.74) is 1.15. The molecule has 2 aliphatic heterocycles. The second-order valence-corrected chi connectivity index (χ2v) is 9.64. The molecule has 1 aromatic rings. The van der Waals surface area contributed by atoms with E-state index in [1.54, 1.807) is 34.1 Å². The van der Waals surface area contributed by atoms with E-state index in [1.165, 1.54) is 17.7 Å². The Labute approximate surface area is 156 Å². The van der Waals surface area contributed by atoms with E-state index in [1.807, 2.05) is 4.90 Å². The molecule has 2 amide bonds. The van der Waals surface area contributed by atoms with Gasteiger partial charge in [-0.1, -0.05) is 6.08 Å². The number of hydrogen-bond donors (Lipinski definition) is 0. The molecule has 0 N–H and O–H groups in total. The maximum absolute atomic E-state index is 13.3. The van der Waals surface area contributed by atoms with Crippen LogP contribution in [-0.4, -0.2) is 44.9 Å². The molecule has 0 bridgehead atoms. The van der Waals surface area contributed by atoms with Crippen LogP contribution < -0.4 is 4.90 Å². The lowest BCUT2D eigenvalue weighted by atomic mass is 10.0. The molecule has 1 aliphatic carbocycles. The van der Waals surface area contributed by atoms with Crippen LogP contribution in [0.25, 0.3) is 0 Å². The first-order valence-electron chi connectivity index (χ1n) is 8.90. The number of hydrogen-bond acceptors (Lipinski definition) is 5. The predicted molar refractivity (Wildman–Crippen MR) is 102 cm³/mol. The zero-order chi connectivity index (χ0) is 17.6. The van der Waals surface area contributed by atoms with E-state index in [-0.39, 0.29) is 22.7 Å². The van der Waals surface area contributed by atoms with E-state index in [0.29, 0.717) is 18.7 Å². The molecular weight excluding hydrogens is 354 g/mol. The quantitative estimate of drug-likeness (QED) is 0.757. The van der Waals surface area contributed by atoms with Crippen molar-refractivity contribution in [3.8, 4) is 0 Å². The summed E-state index contributed by atoms with van der Waals surface area (Å²) >= 11 is 3.36. The number of fused-ring (bicyclic) bond motifs is 2. The smallest absolute Gasteiger partial charge is 0.252 e. The van der Waals surface area contributed by atoms with Crippen molar-refractivity contribution in [1.82, 2.24) is 9.88 Å². The van der Waals surface area contributed by atoms with Crippen molar-refractivity contribution in [2.45, 2.75) is 56.4 Å². The molecule has 0 saturated carbocycles. The minimum Gasteiger partial charge on any atom is -0.315 e. The maximum atomic E-state index is 13.3. The van der Waals surface area contributed by atoms with Gasteiger partial charge in [0.1, 0.15) is 6.04 Å². The van der Waals surface area contributed by atoms with Crippen molar-refractivity contribution in [2.75, 3.05) is 17.2 Å². The van der Waals surface area contributed by atoms with E-state index < -0.39 is 0 Å². The molecule has 7 heteroatoms. The molecule has 2 atom stereocenters. The SMILES string of the molecule is C=CCN(C(=O)[C@@H]1CS[C@@]2(C)CCC(=O)N12)c1nc2c(s1)CCCC2. The Morgan fingerprint density at radius 1 is 1.44 bits per heavy atom. The molecule has 3 aliphatic rings. The molecule has 2 saturated heterocycles. The van der Waals surface area contributed by atoms with Gasteiger partial charge in [-0.3, -0.25) is 14.5 Å². The molecule has 2 fully saturated rings. The summed E-state index contributed by atoms with van der Waals surface area (Å²) in [6, 6.07) is -0.383. The van der Waals surface area contributed by atoms with Crippen LogP contribution >= 0.6 is 23.1 Å². The Morgan fingerprint density at radius 2 is 2.24 bits per heavy atom. The van der Waals surface area contributed by atoms with Gasteiger partial charge < -0.3 is 4.90 Å². The Hall–Kier alpha value is -1.34. The first kappa shape index (κ1) is 17.1. The molecule has 1 aromatic heterocycles. The number of anilines is 1. The molecule has 0 aromatic carbocycles. The second-order valence-electron chi connectivity index (χ2n) is 7.08. The highest BCUT2D eigenvalue weighted by atomic mass is 32.2. The van der Waals surface area contributed by atoms with Gasteiger partial charge in [0.15, 0.2) is 5.13 Å². The number of carbonyl (C=O) groups excluding carboxylic acids is 2. The van der Waals surface area contributed by atoms with Crippen LogP contribution in [0.5, 0.6) is 0 Å². The predicted octanol–water partition coefficient (Wildman–Crippen LogP) is 2.99. The number of amides is 2. The van der Waals surface area contributed by atoms with Gasteiger partial charge in [-0.05, 0) is 39.0 Å². The molecule has 0 unspecified atom stereocenters. The summed E-state index contributed by atoms with van der Waals surface area (Å²) in [6.07, 6.45) is 7.55. The summed E-state index contributed by atoms with van der Waals surface area (Å²) < 4.78 is 0. The van der Waals surface area contributed by atoms with Crippen LogP contribution in [0.4, 0.5) is 5.13 Å². The van der Waals surface area contributed by atoms with Crippen LogP contribution in [0.1, 0.15) is 43.2 Å². The van der Waals surface area contributed by atoms with Gasteiger partial charge in [0, 0.05) is 23.6 Å². The van der Waals surface area contributed by atoms with Gasteiger partial charge >= 0.3 is 0 Å². The fraction of sp³-hybridized carbons (Fsp3) is 0.611. The van der Waals surface area contributed by atoms with Crippen molar-refractivity contribution >= 4 is 40.0 Å². The third-order valence-electron chi connectivity index (χ3n) is 5.37. The molecule has 5 nitrogen and oxygen atoms in total. The van der Waals surface area contributed by atoms with Crippen LogP contribution in [0, 0.1) is 0 Å². The first-order chi connectivity index (χ1) is 12.0. The number of aromatic nitrogens is 1. The lowest BCUT2D eigenvalue weighted by Crippen LogP contribution is -2.51. The molecule has 0 spiro atoms. The van der Waals surface area contributed by atoms with Gasteiger partial charge in [-0.2, -0.15) is 0 Å². The lowest BCUT2D eigenvalue weighted by Gasteiger charge is -2.32. The zero-order valence-electron chi connectivity index (χ0n) is 14.5. The highest BCUT2D eigenvalue weighted by Gasteiger charge is 2.53. The highest BCUT2D eigenvalue weighted by molar-refractivity contribution is 8.01. The van der Waals surface area contributed by atoms with Crippen LogP contribution in [0.15, 0.2) is 12.7 Å². The molecule has 25 heavy (non-hydrogen) atoms. The van der Waals surface area contributed by atoms with E-state index in [0.717, 1.165) is 30.1 Å². The number of thiazole rings is 1. The van der Waals surface area contributed by atoms with E-state index in [4.69, 9.17) is 4.98 Å². The first-order valence-corrected chi connectivity index (χ1v) is 10.7. The van der Waals surface area contributed by atoms with Gasteiger partial charge in [0.2, 0.25) is 5.91 Å². The average Bonchev–Trinajstić information content (AvgIpc) is 3.25. The Balaban J connectivity index is 1.62. The molecule has 134 valence electrons. The van der Waals surface area contributed by atoms with E-state index in [9.17, 15) is 9.59 Å². The van der Waals surface area contributed by atoms with Crippen LogP contribution in [0.2, 0.25) is 0 Å². The van der Waals surface area contributed by atoms with Crippen molar-refractivity contribution < 1.29 is 9.59 Å². The van der Waals surface area contributed by atoms with Crippen molar-refractivity contribution in [3.63, 3.8) is 0 Å². The molecule has 4 rings (SSSR count). The monoisotopic (exact) mass is 377 g/mol. The molecule has 0 radical (unpaired) electrons. The molecular formula is C18H23N3O2S2. The zero-order valence-corrected chi connectivity index (χ0v) is 16.1.